The molecule has 0 unspecified atom stereocenters. The maximum atomic E-state index is 13.0. The number of nitrogens with zero attached hydrogens (tertiary/aromatic N) is 1. The average Bonchev–Trinajstić information content (AvgIpc) is 2.97. The van der Waals surface area contributed by atoms with Crippen LogP contribution in [-0.4, -0.2) is 50.1 Å². The highest BCUT2D eigenvalue weighted by Crippen LogP contribution is 2.38. The Bertz CT molecular complexity index is 903. The molecule has 0 saturated carbocycles. The number of carbonyl (C=O) groups is 2. The molecule has 3 rings (SSSR count). The van der Waals surface area contributed by atoms with Crippen molar-refractivity contribution in [1.29, 1.82) is 0 Å². The van der Waals surface area contributed by atoms with Crippen LogP contribution in [0.2, 0.25) is 5.02 Å². The number of likely N-dealkylation sites (N-methyl/N-ethyl adjacent to an activating group) is 1. The van der Waals surface area contributed by atoms with E-state index in [1.807, 2.05) is 0 Å². The third-order valence-corrected chi connectivity index (χ3v) is 4.69. The van der Waals surface area contributed by atoms with E-state index in [9.17, 15) is 9.59 Å². The third-order valence-electron chi connectivity index (χ3n) is 4.41. The summed E-state index contributed by atoms with van der Waals surface area (Å²) in [4.78, 5) is 26.8. The van der Waals surface area contributed by atoms with Gasteiger partial charge in [-0.05, 0) is 31.2 Å². The minimum absolute atomic E-state index is 0.0986. The quantitative estimate of drug-likeness (QED) is 0.775. The SMILES string of the molecule is CCN(CC(=O)Nc1cccc(OC)c1)C(=O)c1cc(Cl)c2c(c1)OCCCO2. The van der Waals surface area contributed by atoms with E-state index in [2.05, 4.69) is 5.32 Å². The van der Waals surface area contributed by atoms with Crippen molar-refractivity contribution in [2.75, 3.05) is 38.7 Å². The zero-order chi connectivity index (χ0) is 20.8. The van der Waals surface area contributed by atoms with Gasteiger partial charge in [-0.2, -0.15) is 0 Å². The molecule has 29 heavy (non-hydrogen) atoms. The average molecular weight is 419 g/mol. The van der Waals surface area contributed by atoms with E-state index in [-0.39, 0.29) is 18.4 Å². The standard InChI is InChI=1S/C21H23ClN2O5/c1-3-24(13-19(25)23-15-6-4-7-16(12-15)27-2)21(26)14-10-17(22)20-18(11-14)28-8-5-9-29-20/h4,6-7,10-12H,3,5,8-9,13H2,1-2H3,(H,23,25). The van der Waals surface area contributed by atoms with E-state index < -0.39 is 0 Å². The molecule has 1 N–H and O–H groups in total. The van der Waals surface area contributed by atoms with E-state index >= 15 is 0 Å². The number of hydrogen-bond donors (Lipinski definition) is 1. The predicted molar refractivity (Wildman–Crippen MR) is 110 cm³/mol. The lowest BCUT2D eigenvalue weighted by Crippen LogP contribution is -2.37. The number of benzene rings is 2. The number of fused-ring (bicyclic) bond motifs is 1. The molecule has 7 nitrogen and oxygen atoms in total. The summed E-state index contributed by atoms with van der Waals surface area (Å²) < 4.78 is 16.4. The minimum atomic E-state index is -0.314. The molecular formula is C21H23ClN2O5. The van der Waals surface area contributed by atoms with Gasteiger partial charge < -0.3 is 24.4 Å². The number of halogens is 1. The highest BCUT2D eigenvalue weighted by Gasteiger charge is 2.22. The van der Waals surface area contributed by atoms with Crippen molar-refractivity contribution in [2.24, 2.45) is 0 Å². The van der Waals surface area contributed by atoms with E-state index in [1.165, 1.54) is 4.90 Å². The fourth-order valence-corrected chi connectivity index (χ4v) is 3.20. The van der Waals surface area contributed by atoms with Gasteiger partial charge in [0.25, 0.3) is 5.91 Å². The molecule has 2 aromatic rings. The molecular weight excluding hydrogens is 396 g/mol. The summed E-state index contributed by atoms with van der Waals surface area (Å²) in [6.45, 7) is 3.06. The van der Waals surface area contributed by atoms with Crippen molar-refractivity contribution in [3.8, 4) is 17.2 Å². The van der Waals surface area contributed by atoms with Crippen molar-refractivity contribution < 1.29 is 23.8 Å². The number of carbonyl (C=O) groups excluding carboxylic acids is 2. The fraction of sp³-hybridized carbons (Fsp3) is 0.333. The van der Waals surface area contributed by atoms with Crippen molar-refractivity contribution in [1.82, 2.24) is 4.90 Å². The van der Waals surface area contributed by atoms with E-state index in [0.29, 0.717) is 53.3 Å². The van der Waals surface area contributed by atoms with Gasteiger partial charge in [0.1, 0.15) is 12.3 Å². The molecule has 0 radical (unpaired) electrons. The van der Waals surface area contributed by atoms with Gasteiger partial charge in [-0.3, -0.25) is 9.59 Å². The second-order valence-electron chi connectivity index (χ2n) is 6.44. The molecule has 0 fully saturated rings. The first-order chi connectivity index (χ1) is 14.0. The second kappa shape index (κ2) is 9.52. The number of ether oxygens (including phenoxy) is 3. The first-order valence-electron chi connectivity index (χ1n) is 9.34. The van der Waals surface area contributed by atoms with Crippen LogP contribution in [0.3, 0.4) is 0 Å². The Hall–Kier alpha value is -2.93. The molecule has 2 aromatic carbocycles. The number of hydrogen-bond acceptors (Lipinski definition) is 5. The van der Waals surface area contributed by atoms with Gasteiger partial charge in [-0.1, -0.05) is 17.7 Å². The lowest BCUT2D eigenvalue weighted by atomic mass is 10.1. The van der Waals surface area contributed by atoms with Crippen LogP contribution in [0.1, 0.15) is 23.7 Å². The molecule has 0 aromatic heterocycles. The van der Waals surface area contributed by atoms with Crippen molar-refractivity contribution in [2.45, 2.75) is 13.3 Å². The van der Waals surface area contributed by atoms with Gasteiger partial charge in [-0.25, -0.2) is 0 Å². The molecule has 1 aliphatic rings. The monoisotopic (exact) mass is 418 g/mol. The molecule has 2 amide bonds. The Morgan fingerprint density at radius 1 is 1.21 bits per heavy atom. The van der Waals surface area contributed by atoms with Crippen LogP contribution in [0.25, 0.3) is 0 Å². The van der Waals surface area contributed by atoms with Crippen LogP contribution >= 0.6 is 11.6 Å². The summed E-state index contributed by atoms with van der Waals surface area (Å²) in [5.41, 5.74) is 0.937. The van der Waals surface area contributed by atoms with E-state index in [1.54, 1.807) is 50.4 Å². The highest BCUT2D eigenvalue weighted by atomic mass is 35.5. The number of amides is 2. The van der Waals surface area contributed by atoms with Crippen LogP contribution in [0.15, 0.2) is 36.4 Å². The molecule has 154 valence electrons. The lowest BCUT2D eigenvalue weighted by molar-refractivity contribution is -0.116. The molecule has 0 bridgehead atoms. The van der Waals surface area contributed by atoms with E-state index in [4.69, 9.17) is 25.8 Å². The maximum Gasteiger partial charge on any atom is 0.254 e. The summed E-state index contributed by atoms with van der Waals surface area (Å²) in [7, 11) is 1.55. The smallest absolute Gasteiger partial charge is 0.254 e. The van der Waals surface area contributed by atoms with Crippen molar-refractivity contribution in [3.63, 3.8) is 0 Å². The van der Waals surface area contributed by atoms with Crippen LogP contribution in [0.5, 0.6) is 17.2 Å². The summed E-state index contributed by atoms with van der Waals surface area (Å²) in [6, 6.07) is 10.2. The predicted octanol–water partition coefficient (Wildman–Crippen LogP) is 3.61. The maximum absolute atomic E-state index is 13.0. The van der Waals surface area contributed by atoms with Crippen molar-refractivity contribution in [3.05, 3.63) is 47.0 Å². The molecule has 0 aliphatic carbocycles. The zero-order valence-corrected chi connectivity index (χ0v) is 17.1. The molecule has 1 aliphatic heterocycles. The largest absolute Gasteiger partial charge is 0.497 e. The van der Waals surface area contributed by atoms with Gasteiger partial charge in [0.2, 0.25) is 5.91 Å². The van der Waals surface area contributed by atoms with Gasteiger partial charge >= 0.3 is 0 Å². The molecule has 0 atom stereocenters. The second-order valence-corrected chi connectivity index (χ2v) is 6.84. The summed E-state index contributed by atoms with van der Waals surface area (Å²) in [5.74, 6) is 0.891. The van der Waals surface area contributed by atoms with E-state index in [0.717, 1.165) is 6.42 Å². The van der Waals surface area contributed by atoms with Gasteiger partial charge in [0.05, 0.1) is 25.3 Å². The zero-order valence-electron chi connectivity index (χ0n) is 16.4. The Morgan fingerprint density at radius 2 is 2.00 bits per heavy atom. The number of methoxy groups -OCH3 is 1. The Morgan fingerprint density at radius 3 is 2.76 bits per heavy atom. The summed E-state index contributed by atoms with van der Waals surface area (Å²) >= 11 is 6.29. The molecule has 8 heteroatoms. The Balaban J connectivity index is 1.72. The molecule has 0 spiro atoms. The summed E-state index contributed by atoms with van der Waals surface area (Å²) in [5, 5.41) is 3.08. The third kappa shape index (κ3) is 5.12. The Kier molecular flexibility index (Phi) is 6.82. The first-order valence-corrected chi connectivity index (χ1v) is 9.72. The van der Waals surface area contributed by atoms with Crippen LogP contribution < -0.4 is 19.5 Å². The van der Waals surface area contributed by atoms with Gasteiger partial charge in [-0.15, -0.1) is 0 Å². The topological polar surface area (TPSA) is 77.1 Å². The van der Waals surface area contributed by atoms with Gasteiger partial charge in [0, 0.05) is 30.3 Å². The Labute approximate surface area is 174 Å². The normalized spacial score (nSPS) is 12.7. The number of rotatable bonds is 6. The van der Waals surface area contributed by atoms with Gasteiger partial charge in [0.15, 0.2) is 11.5 Å². The fourth-order valence-electron chi connectivity index (χ4n) is 2.94. The first kappa shape index (κ1) is 20.8. The summed E-state index contributed by atoms with van der Waals surface area (Å²) in [6.07, 6.45) is 0.736. The van der Waals surface area contributed by atoms with Crippen LogP contribution in [-0.2, 0) is 4.79 Å². The molecule has 0 saturated heterocycles. The minimum Gasteiger partial charge on any atom is -0.497 e. The number of nitrogens with one attached hydrogen (secondary N) is 1. The van der Waals surface area contributed by atoms with Crippen LogP contribution in [0.4, 0.5) is 5.69 Å². The molecule has 1 heterocycles. The van der Waals surface area contributed by atoms with Crippen molar-refractivity contribution >= 4 is 29.1 Å². The number of anilines is 1. The lowest BCUT2D eigenvalue weighted by Gasteiger charge is -2.21. The van der Waals surface area contributed by atoms with Crippen LogP contribution in [0, 0.1) is 0 Å². The highest BCUT2D eigenvalue weighted by molar-refractivity contribution is 6.32.